The van der Waals surface area contributed by atoms with E-state index in [2.05, 4.69) is 0 Å². The SMILES string of the molecule is Cc1ccc2c(c1)C(=O)CCN2S(=O)(=O)c1ccc(F)cc1C. The number of Topliss-reactive ketones (excluding diaryl/α,β-unsaturated/α-hetero) is 1. The van der Waals surface area contributed by atoms with Crippen LogP contribution >= 0.6 is 0 Å². The highest BCUT2D eigenvalue weighted by Crippen LogP contribution is 2.33. The van der Waals surface area contributed by atoms with Crippen molar-refractivity contribution in [2.24, 2.45) is 0 Å². The number of carbonyl (C=O) groups excluding carboxylic acids is 1. The van der Waals surface area contributed by atoms with Gasteiger partial charge in [0, 0.05) is 18.5 Å². The van der Waals surface area contributed by atoms with Gasteiger partial charge in [0.25, 0.3) is 10.0 Å². The first kappa shape index (κ1) is 15.7. The van der Waals surface area contributed by atoms with Crippen LogP contribution < -0.4 is 4.31 Å². The van der Waals surface area contributed by atoms with Crippen LogP contribution in [-0.4, -0.2) is 20.7 Å². The van der Waals surface area contributed by atoms with E-state index < -0.39 is 15.8 Å². The Hall–Kier alpha value is -2.21. The standard InChI is InChI=1S/C17H16FNO3S/c1-11-3-5-15-14(9-11)16(20)7-8-19(15)23(21,22)17-6-4-13(18)10-12(17)2/h3-6,9-10H,7-8H2,1-2H3. The maximum absolute atomic E-state index is 13.3. The average molecular weight is 333 g/mol. The number of hydrogen-bond donors (Lipinski definition) is 0. The third-order valence-electron chi connectivity index (χ3n) is 3.97. The molecule has 0 unspecified atom stereocenters. The average Bonchev–Trinajstić information content (AvgIpc) is 2.47. The van der Waals surface area contributed by atoms with Crippen molar-refractivity contribution in [3.63, 3.8) is 0 Å². The van der Waals surface area contributed by atoms with Gasteiger partial charge >= 0.3 is 0 Å². The van der Waals surface area contributed by atoms with Gasteiger partial charge in [0.15, 0.2) is 5.78 Å². The predicted molar refractivity (Wildman–Crippen MR) is 85.8 cm³/mol. The van der Waals surface area contributed by atoms with Crippen molar-refractivity contribution in [1.82, 2.24) is 0 Å². The molecule has 2 aromatic carbocycles. The topological polar surface area (TPSA) is 54.5 Å². The van der Waals surface area contributed by atoms with E-state index in [0.29, 0.717) is 16.8 Å². The minimum Gasteiger partial charge on any atom is -0.294 e. The molecule has 0 atom stereocenters. The fourth-order valence-electron chi connectivity index (χ4n) is 2.82. The first-order chi connectivity index (χ1) is 10.8. The first-order valence-electron chi connectivity index (χ1n) is 7.23. The molecular weight excluding hydrogens is 317 g/mol. The molecule has 0 bridgehead atoms. The highest BCUT2D eigenvalue weighted by molar-refractivity contribution is 7.92. The Morgan fingerprint density at radius 2 is 1.83 bits per heavy atom. The maximum atomic E-state index is 13.3. The minimum atomic E-state index is -3.84. The fourth-order valence-corrected chi connectivity index (χ4v) is 4.51. The molecule has 0 spiro atoms. The second-order valence-corrected chi connectivity index (χ2v) is 7.51. The molecule has 0 radical (unpaired) electrons. The molecule has 120 valence electrons. The Morgan fingerprint density at radius 1 is 1.09 bits per heavy atom. The van der Waals surface area contributed by atoms with Crippen LogP contribution in [0.1, 0.15) is 27.9 Å². The van der Waals surface area contributed by atoms with E-state index in [0.717, 1.165) is 11.6 Å². The quantitative estimate of drug-likeness (QED) is 0.848. The molecule has 1 heterocycles. The molecule has 1 aliphatic rings. The van der Waals surface area contributed by atoms with Crippen molar-refractivity contribution in [2.75, 3.05) is 10.8 Å². The zero-order chi connectivity index (χ0) is 16.8. The van der Waals surface area contributed by atoms with Gasteiger partial charge in [0.2, 0.25) is 0 Å². The van der Waals surface area contributed by atoms with Crippen molar-refractivity contribution >= 4 is 21.5 Å². The molecule has 0 aliphatic carbocycles. The number of rotatable bonds is 2. The molecule has 0 fully saturated rings. The van der Waals surface area contributed by atoms with Crippen molar-refractivity contribution in [3.8, 4) is 0 Å². The molecule has 0 amide bonds. The summed E-state index contributed by atoms with van der Waals surface area (Å²) in [7, 11) is -3.84. The molecule has 2 aromatic rings. The lowest BCUT2D eigenvalue weighted by atomic mass is 10.0. The molecule has 3 rings (SSSR count). The maximum Gasteiger partial charge on any atom is 0.264 e. The molecule has 0 aromatic heterocycles. The normalized spacial score (nSPS) is 14.7. The lowest BCUT2D eigenvalue weighted by Crippen LogP contribution is -2.37. The van der Waals surface area contributed by atoms with Gasteiger partial charge in [0.05, 0.1) is 10.6 Å². The number of sulfonamides is 1. The van der Waals surface area contributed by atoms with Crippen LogP contribution in [0.25, 0.3) is 0 Å². The number of halogens is 1. The summed E-state index contributed by atoms with van der Waals surface area (Å²) in [6.45, 7) is 3.50. The molecule has 0 saturated carbocycles. The van der Waals surface area contributed by atoms with Crippen LogP contribution in [0.5, 0.6) is 0 Å². The highest BCUT2D eigenvalue weighted by atomic mass is 32.2. The van der Waals surface area contributed by atoms with E-state index in [1.54, 1.807) is 25.1 Å². The van der Waals surface area contributed by atoms with E-state index in [1.165, 1.54) is 16.4 Å². The third-order valence-corrected chi connectivity index (χ3v) is 5.94. The second-order valence-electron chi connectivity index (χ2n) is 5.68. The summed E-state index contributed by atoms with van der Waals surface area (Å²) in [5.41, 5.74) is 2.04. The monoisotopic (exact) mass is 333 g/mol. The van der Waals surface area contributed by atoms with Gasteiger partial charge in [-0.1, -0.05) is 11.6 Å². The Morgan fingerprint density at radius 3 is 2.52 bits per heavy atom. The molecule has 1 aliphatic heterocycles. The van der Waals surface area contributed by atoms with Crippen LogP contribution in [-0.2, 0) is 10.0 Å². The second kappa shape index (κ2) is 5.45. The molecular formula is C17H16FNO3S. The molecule has 23 heavy (non-hydrogen) atoms. The van der Waals surface area contributed by atoms with Crippen molar-refractivity contribution in [2.45, 2.75) is 25.2 Å². The van der Waals surface area contributed by atoms with Gasteiger partial charge in [-0.2, -0.15) is 0 Å². The number of hydrogen-bond acceptors (Lipinski definition) is 3. The van der Waals surface area contributed by atoms with Gasteiger partial charge < -0.3 is 0 Å². The van der Waals surface area contributed by atoms with Crippen molar-refractivity contribution in [1.29, 1.82) is 0 Å². The first-order valence-corrected chi connectivity index (χ1v) is 8.67. The van der Waals surface area contributed by atoms with E-state index in [-0.39, 0.29) is 23.6 Å². The van der Waals surface area contributed by atoms with Gasteiger partial charge in [0.1, 0.15) is 5.82 Å². The van der Waals surface area contributed by atoms with E-state index in [9.17, 15) is 17.6 Å². The van der Waals surface area contributed by atoms with Gasteiger partial charge in [-0.15, -0.1) is 0 Å². The Balaban J connectivity index is 2.15. The zero-order valence-electron chi connectivity index (χ0n) is 12.8. The Kier molecular flexibility index (Phi) is 3.72. The summed E-state index contributed by atoms with van der Waals surface area (Å²) >= 11 is 0. The number of carbonyl (C=O) groups is 1. The predicted octanol–water partition coefficient (Wildman–Crippen LogP) is 3.22. The lowest BCUT2D eigenvalue weighted by molar-refractivity contribution is 0.0982. The van der Waals surface area contributed by atoms with E-state index in [1.807, 2.05) is 6.92 Å². The summed E-state index contributed by atoms with van der Waals surface area (Å²) in [5.74, 6) is -0.544. The molecule has 0 N–H and O–H groups in total. The summed E-state index contributed by atoms with van der Waals surface area (Å²) < 4.78 is 40.4. The molecule has 6 heteroatoms. The number of ketones is 1. The lowest BCUT2D eigenvalue weighted by Gasteiger charge is -2.30. The van der Waals surface area contributed by atoms with E-state index in [4.69, 9.17) is 0 Å². The van der Waals surface area contributed by atoms with Gasteiger partial charge in [-0.25, -0.2) is 12.8 Å². The molecule has 4 nitrogen and oxygen atoms in total. The van der Waals surface area contributed by atoms with Crippen LogP contribution in [0.15, 0.2) is 41.3 Å². The smallest absolute Gasteiger partial charge is 0.264 e. The number of anilines is 1. The Labute approximate surface area is 134 Å². The number of aryl methyl sites for hydroxylation is 2. The number of benzene rings is 2. The summed E-state index contributed by atoms with van der Waals surface area (Å²) in [4.78, 5) is 12.1. The molecule has 0 saturated heterocycles. The van der Waals surface area contributed by atoms with Crippen molar-refractivity contribution in [3.05, 3.63) is 58.9 Å². The van der Waals surface area contributed by atoms with Crippen LogP contribution in [0.4, 0.5) is 10.1 Å². The van der Waals surface area contributed by atoms with Crippen LogP contribution in [0, 0.1) is 19.7 Å². The van der Waals surface area contributed by atoms with Gasteiger partial charge in [-0.05, 0) is 49.7 Å². The van der Waals surface area contributed by atoms with Crippen LogP contribution in [0.3, 0.4) is 0 Å². The number of nitrogens with zero attached hydrogens (tertiary/aromatic N) is 1. The summed E-state index contributed by atoms with van der Waals surface area (Å²) in [6.07, 6.45) is 0.135. The van der Waals surface area contributed by atoms with E-state index >= 15 is 0 Å². The summed E-state index contributed by atoms with van der Waals surface area (Å²) in [6, 6.07) is 8.72. The van der Waals surface area contributed by atoms with Gasteiger partial charge in [-0.3, -0.25) is 9.10 Å². The van der Waals surface area contributed by atoms with Crippen LogP contribution in [0.2, 0.25) is 0 Å². The zero-order valence-corrected chi connectivity index (χ0v) is 13.7. The van der Waals surface area contributed by atoms with Crippen molar-refractivity contribution < 1.29 is 17.6 Å². The summed E-state index contributed by atoms with van der Waals surface area (Å²) in [5, 5.41) is 0. The fraction of sp³-hybridized carbons (Fsp3) is 0.235. The third kappa shape index (κ3) is 2.63. The number of fused-ring (bicyclic) bond motifs is 1. The highest BCUT2D eigenvalue weighted by Gasteiger charge is 2.33. The Bertz CT molecular complexity index is 906. The largest absolute Gasteiger partial charge is 0.294 e. The minimum absolute atomic E-state index is 0.0553.